The van der Waals surface area contributed by atoms with Gasteiger partial charge in [-0.2, -0.15) is 5.26 Å². The molecule has 8 nitrogen and oxygen atoms in total. The average molecular weight is 619 g/mol. The molecule has 4 aromatic rings. The molecule has 0 radical (unpaired) electrons. The first-order valence-electron chi connectivity index (χ1n) is 15.3. The third-order valence-corrected chi connectivity index (χ3v) is 10.0. The average Bonchev–Trinajstić information content (AvgIpc) is 3.67. The smallest absolute Gasteiger partial charge is 0.234 e. The molecular formula is C33H30F4N6O2. The Morgan fingerprint density at radius 1 is 1.11 bits per heavy atom. The normalized spacial score (nSPS) is 26.1. The molecule has 232 valence electrons. The highest BCUT2D eigenvalue weighted by Crippen LogP contribution is 2.44. The standard InChI is InChI=1S/C33H30F4N6O2/c34-18-10-33(6-1-7-43(33)13-18)16-45-32-23(11-38)31(42-14-19-3-4-20(15-42)40-19)24-12-39-29(28(37)30(24)41-32)22-9-21(44)8-17-2-5-25(35)27(36)26(17)22/h2,5,8-9,12,18-20,40,44H,1,3-4,6-7,10,13-16H2/t18-,19-,20+,33+/m1/s1. The van der Waals surface area contributed by atoms with E-state index in [0.29, 0.717) is 31.7 Å². The Bertz CT molecular complexity index is 1900. The molecule has 0 spiro atoms. The number of nitrogens with one attached hydrogen (secondary N) is 1. The fraction of sp³-hybridized carbons (Fsp3) is 0.424. The van der Waals surface area contributed by atoms with Gasteiger partial charge in [-0.15, -0.1) is 0 Å². The highest BCUT2D eigenvalue weighted by atomic mass is 19.2. The van der Waals surface area contributed by atoms with Crippen molar-refractivity contribution in [1.82, 2.24) is 20.2 Å². The van der Waals surface area contributed by atoms with Crippen molar-refractivity contribution in [3.05, 3.63) is 53.5 Å². The Morgan fingerprint density at radius 2 is 1.91 bits per heavy atom. The Labute approximate surface area is 256 Å². The van der Waals surface area contributed by atoms with E-state index in [9.17, 15) is 19.1 Å². The monoisotopic (exact) mass is 618 g/mol. The van der Waals surface area contributed by atoms with Crippen LogP contribution in [-0.2, 0) is 0 Å². The fourth-order valence-electron chi connectivity index (χ4n) is 8.07. The number of nitrogens with zero attached hydrogens (tertiary/aromatic N) is 5. The molecule has 0 unspecified atom stereocenters. The molecule has 4 aliphatic heterocycles. The number of hydrogen-bond donors (Lipinski definition) is 2. The zero-order chi connectivity index (χ0) is 31.0. The van der Waals surface area contributed by atoms with Crippen LogP contribution in [0.1, 0.15) is 37.7 Å². The van der Waals surface area contributed by atoms with Gasteiger partial charge in [0.15, 0.2) is 17.5 Å². The van der Waals surface area contributed by atoms with Crippen molar-refractivity contribution in [3.63, 3.8) is 0 Å². The lowest BCUT2D eigenvalue weighted by atomic mass is 9.95. The number of benzene rings is 2. The molecule has 2 aromatic carbocycles. The molecule has 0 saturated carbocycles. The number of hydrogen-bond acceptors (Lipinski definition) is 8. The number of piperazine rings is 1. The van der Waals surface area contributed by atoms with Crippen molar-refractivity contribution >= 4 is 27.4 Å². The lowest BCUT2D eigenvalue weighted by Crippen LogP contribution is -2.51. The van der Waals surface area contributed by atoms with Crippen LogP contribution in [0.5, 0.6) is 11.6 Å². The van der Waals surface area contributed by atoms with Crippen LogP contribution in [0.3, 0.4) is 0 Å². The highest BCUT2D eigenvalue weighted by Gasteiger charge is 2.49. The van der Waals surface area contributed by atoms with Crippen LogP contribution in [0.4, 0.5) is 23.2 Å². The highest BCUT2D eigenvalue weighted by molar-refractivity contribution is 6.02. The number of halogens is 4. The third kappa shape index (κ3) is 4.47. The number of ether oxygens (including phenoxy) is 1. The number of fused-ring (bicyclic) bond motifs is 5. The van der Waals surface area contributed by atoms with Crippen LogP contribution in [0.15, 0.2) is 30.5 Å². The zero-order valence-electron chi connectivity index (χ0n) is 24.3. The van der Waals surface area contributed by atoms with Gasteiger partial charge in [-0.3, -0.25) is 9.88 Å². The number of phenols is 1. The summed E-state index contributed by atoms with van der Waals surface area (Å²) in [5, 5.41) is 24.6. The zero-order valence-corrected chi connectivity index (χ0v) is 24.3. The molecule has 45 heavy (non-hydrogen) atoms. The van der Waals surface area contributed by atoms with Crippen LogP contribution in [0.2, 0.25) is 0 Å². The summed E-state index contributed by atoms with van der Waals surface area (Å²) in [6, 6.07) is 7.27. The van der Waals surface area contributed by atoms with Gasteiger partial charge >= 0.3 is 0 Å². The number of phenolic OH excluding ortho intramolecular Hbond substituents is 1. The SMILES string of the molecule is N#Cc1c(OC[C@@]23CCCN2C[C@H](F)C3)nc2c(F)c(-c3cc(O)cc4ccc(F)c(F)c34)ncc2c1N1C[C@H]2CC[C@@H](C1)N2. The van der Waals surface area contributed by atoms with Crippen LogP contribution in [0.25, 0.3) is 32.9 Å². The minimum Gasteiger partial charge on any atom is -0.508 e. The van der Waals surface area contributed by atoms with Gasteiger partial charge in [0.25, 0.3) is 0 Å². The van der Waals surface area contributed by atoms with E-state index < -0.39 is 29.2 Å². The van der Waals surface area contributed by atoms with Crippen LogP contribution in [-0.4, -0.2) is 76.6 Å². The van der Waals surface area contributed by atoms with Gasteiger partial charge in [-0.25, -0.2) is 22.5 Å². The van der Waals surface area contributed by atoms with E-state index in [2.05, 4.69) is 26.3 Å². The van der Waals surface area contributed by atoms with Gasteiger partial charge < -0.3 is 20.1 Å². The van der Waals surface area contributed by atoms with E-state index >= 15 is 8.78 Å². The van der Waals surface area contributed by atoms with Crippen molar-refractivity contribution in [2.24, 2.45) is 0 Å². The van der Waals surface area contributed by atoms with Gasteiger partial charge in [0.05, 0.1) is 11.2 Å². The Morgan fingerprint density at radius 3 is 2.69 bits per heavy atom. The van der Waals surface area contributed by atoms with Gasteiger partial charge in [-0.1, -0.05) is 6.07 Å². The first-order chi connectivity index (χ1) is 21.7. The number of aromatic nitrogens is 2. The number of anilines is 1. The molecule has 4 aliphatic rings. The lowest BCUT2D eigenvalue weighted by Gasteiger charge is -2.36. The van der Waals surface area contributed by atoms with Crippen molar-refractivity contribution in [2.75, 3.05) is 37.7 Å². The first-order valence-corrected chi connectivity index (χ1v) is 15.3. The van der Waals surface area contributed by atoms with E-state index in [1.165, 1.54) is 18.3 Å². The minimum absolute atomic E-state index is 0.0662. The van der Waals surface area contributed by atoms with E-state index in [-0.39, 0.29) is 68.8 Å². The summed E-state index contributed by atoms with van der Waals surface area (Å²) in [6.45, 7) is 2.33. The van der Waals surface area contributed by atoms with Gasteiger partial charge in [0.2, 0.25) is 5.88 Å². The summed E-state index contributed by atoms with van der Waals surface area (Å²) in [4.78, 5) is 13.0. The topological polar surface area (TPSA) is 97.5 Å². The molecule has 12 heteroatoms. The Kier molecular flexibility index (Phi) is 6.55. The molecule has 8 rings (SSSR count). The number of alkyl halides is 1. The van der Waals surface area contributed by atoms with Crippen LogP contribution in [0, 0.1) is 28.8 Å². The van der Waals surface area contributed by atoms with Crippen LogP contribution >= 0.6 is 0 Å². The fourth-order valence-corrected chi connectivity index (χ4v) is 8.07. The second-order valence-corrected chi connectivity index (χ2v) is 12.8. The largest absolute Gasteiger partial charge is 0.508 e. The van der Waals surface area contributed by atoms with Gasteiger partial charge in [0, 0.05) is 60.7 Å². The quantitative estimate of drug-likeness (QED) is 0.290. The van der Waals surface area contributed by atoms with Gasteiger partial charge in [-0.05, 0) is 55.8 Å². The van der Waals surface area contributed by atoms with E-state index in [0.717, 1.165) is 44.4 Å². The van der Waals surface area contributed by atoms with Crippen LogP contribution < -0.4 is 15.0 Å². The molecular weight excluding hydrogens is 588 g/mol. The van der Waals surface area contributed by atoms with Crippen molar-refractivity contribution in [3.8, 4) is 29.0 Å². The summed E-state index contributed by atoms with van der Waals surface area (Å²) >= 11 is 0. The maximum atomic E-state index is 16.7. The molecule has 2 bridgehead atoms. The van der Waals surface area contributed by atoms with Crippen molar-refractivity contribution < 1.29 is 27.4 Å². The molecule has 0 aliphatic carbocycles. The summed E-state index contributed by atoms with van der Waals surface area (Å²) < 4.78 is 67.0. The van der Waals surface area contributed by atoms with E-state index in [1.807, 2.05) is 4.90 Å². The summed E-state index contributed by atoms with van der Waals surface area (Å²) in [6.07, 6.45) is 4.31. The molecule has 6 heterocycles. The maximum Gasteiger partial charge on any atom is 0.234 e. The minimum atomic E-state index is -1.19. The molecule has 2 N–H and O–H groups in total. The molecule has 0 amide bonds. The van der Waals surface area contributed by atoms with Gasteiger partial charge in [0.1, 0.15) is 41.4 Å². The first kappa shape index (κ1) is 28.3. The second kappa shape index (κ2) is 10.4. The number of rotatable bonds is 5. The van der Waals surface area contributed by atoms with Crippen molar-refractivity contribution in [1.29, 1.82) is 5.26 Å². The predicted octanol–water partition coefficient (Wildman–Crippen LogP) is 5.34. The second-order valence-electron chi connectivity index (χ2n) is 12.8. The summed E-state index contributed by atoms with van der Waals surface area (Å²) in [5.41, 5.74) is -0.567. The third-order valence-electron chi connectivity index (χ3n) is 10.0. The molecule has 4 atom stereocenters. The summed E-state index contributed by atoms with van der Waals surface area (Å²) in [5.74, 6) is -3.59. The number of aromatic hydroxyl groups is 1. The molecule has 4 fully saturated rings. The van der Waals surface area contributed by atoms with E-state index in [4.69, 9.17) is 4.74 Å². The summed E-state index contributed by atoms with van der Waals surface area (Å²) in [7, 11) is 0. The lowest BCUT2D eigenvalue weighted by molar-refractivity contribution is 0.110. The van der Waals surface area contributed by atoms with E-state index in [1.54, 1.807) is 0 Å². The predicted molar refractivity (Wildman–Crippen MR) is 159 cm³/mol. The van der Waals surface area contributed by atoms with Crippen molar-refractivity contribution in [2.45, 2.75) is 55.9 Å². The maximum absolute atomic E-state index is 16.7. The molecule has 4 saturated heterocycles. The Balaban J connectivity index is 1.32. The Hall–Kier alpha value is -4.21. The number of nitriles is 1. The molecule has 2 aromatic heterocycles. The number of pyridine rings is 2.